The van der Waals surface area contributed by atoms with Crippen molar-refractivity contribution in [3.63, 3.8) is 0 Å². The van der Waals surface area contributed by atoms with E-state index in [-0.39, 0.29) is 10.0 Å². The Kier molecular flexibility index (Phi) is 5.13. The molecule has 1 saturated heterocycles. The van der Waals surface area contributed by atoms with E-state index >= 15 is 0 Å². The van der Waals surface area contributed by atoms with Crippen LogP contribution < -0.4 is 10.6 Å². The molecule has 0 spiro atoms. The average molecular weight is 406 g/mol. The van der Waals surface area contributed by atoms with Gasteiger partial charge in [-0.1, -0.05) is 53.5 Å². The zero-order valence-electron chi connectivity index (χ0n) is 14.7. The molecule has 0 aromatic heterocycles. The molecule has 4 amide bonds. The molecule has 0 aliphatic carbocycles. The Morgan fingerprint density at radius 1 is 1.15 bits per heavy atom. The fraction of sp³-hybridized carbons (Fsp3) is 0.211. The van der Waals surface area contributed by atoms with Crippen molar-refractivity contribution < 1.29 is 14.4 Å². The van der Waals surface area contributed by atoms with Gasteiger partial charge in [0.25, 0.3) is 5.91 Å². The first-order valence-corrected chi connectivity index (χ1v) is 8.93. The van der Waals surface area contributed by atoms with Crippen LogP contribution in [0.4, 0.5) is 10.5 Å². The van der Waals surface area contributed by atoms with Crippen molar-refractivity contribution >= 4 is 46.7 Å². The summed E-state index contributed by atoms with van der Waals surface area (Å²) in [5.74, 6) is -1.05. The maximum Gasteiger partial charge on any atom is 0.325 e. The lowest BCUT2D eigenvalue weighted by Crippen LogP contribution is -2.42. The highest BCUT2D eigenvalue weighted by molar-refractivity contribution is 6.44. The molecular weight excluding hydrogens is 389 g/mol. The number of amides is 4. The van der Waals surface area contributed by atoms with Gasteiger partial charge in [0.15, 0.2) is 0 Å². The third kappa shape index (κ3) is 3.50. The first kappa shape index (κ1) is 19.2. The maximum absolute atomic E-state index is 12.9. The minimum absolute atomic E-state index is 0.189. The average Bonchev–Trinajstić information content (AvgIpc) is 2.83. The van der Waals surface area contributed by atoms with Gasteiger partial charge in [0.05, 0.1) is 15.7 Å². The van der Waals surface area contributed by atoms with Gasteiger partial charge in [0.1, 0.15) is 12.1 Å². The van der Waals surface area contributed by atoms with E-state index in [1.54, 1.807) is 37.3 Å². The third-order valence-corrected chi connectivity index (χ3v) is 5.31. The lowest BCUT2D eigenvalue weighted by atomic mass is 9.88. The molecule has 1 unspecified atom stereocenters. The predicted octanol–water partition coefficient (Wildman–Crippen LogP) is 3.71. The molecule has 6 nitrogen and oxygen atoms in total. The van der Waals surface area contributed by atoms with Crippen LogP contribution in [-0.4, -0.2) is 29.3 Å². The summed E-state index contributed by atoms with van der Waals surface area (Å²) < 4.78 is 0. The fourth-order valence-electron chi connectivity index (χ4n) is 3.09. The summed E-state index contributed by atoms with van der Waals surface area (Å²) in [6.07, 6.45) is 0. The molecule has 8 heteroatoms. The van der Waals surface area contributed by atoms with Crippen LogP contribution in [0.3, 0.4) is 0 Å². The van der Waals surface area contributed by atoms with E-state index in [2.05, 4.69) is 10.6 Å². The Morgan fingerprint density at radius 2 is 1.85 bits per heavy atom. The van der Waals surface area contributed by atoms with Crippen LogP contribution >= 0.6 is 23.2 Å². The number of nitrogens with zero attached hydrogens (tertiary/aromatic N) is 1. The Morgan fingerprint density at radius 3 is 2.56 bits per heavy atom. The summed E-state index contributed by atoms with van der Waals surface area (Å²) in [6.45, 7) is 3.05. The molecule has 140 valence electrons. The van der Waals surface area contributed by atoms with E-state index in [1.165, 1.54) is 0 Å². The SMILES string of the molecule is Cc1ccccc1C1(C)NC(=O)N(CC(=O)Nc2cccc(Cl)c2Cl)C1=O. The molecule has 3 rings (SSSR count). The molecule has 2 N–H and O–H groups in total. The molecule has 2 aromatic rings. The second-order valence-corrected chi connectivity index (χ2v) is 7.20. The van der Waals surface area contributed by atoms with Crippen LogP contribution in [-0.2, 0) is 15.1 Å². The van der Waals surface area contributed by atoms with Crippen molar-refractivity contribution in [2.45, 2.75) is 19.4 Å². The first-order chi connectivity index (χ1) is 12.7. The first-order valence-electron chi connectivity index (χ1n) is 8.18. The number of benzene rings is 2. The topological polar surface area (TPSA) is 78.5 Å². The number of rotatable bonds is 4. The highest BCUT2D eigenvalue weighted by Gasteiger charge is 2.50. The fourth-order valence-corrected chi connectivity index (χ4v) is 3.44. The van der Waals surface area contributed by atoms with Gasteiger partial charge >= 0.3 is 6.03 Å². The van der Waals surface area contributed by atoms with E-state index < -0.39 is 29.9 Å². The van der Waals surface area contributed by atoms with Crippen LogP contribution in [0.15, 0.2) is 42.5 Å². The molecule has 2 aromatic carbocycles. The third-order valence-electron chi connectivity index (χ3n) is 4.49. The second-order valence-electron chi connectivity index (χ2n) is 6.41. The van der Waals surface area contributed by atoms with E-state index in [0.29, 0.717) is 11.3 Å². The minimum atomic E-state index is -1.23. The van der Waals surface area contributed by atoms with Crippen LogP contribution in [0.5, 0.6) is 0 Å². The summed E-state index contributed by atoms with van der Waals surface area (Å²) in [6, 6.07) is 11.5. The molecule has 0 bridgehead atoms. The Balaban J connectivity index is 1.79. The van der Waals surface area contributed by atoms with Gasteiger partial charge in [0, 0.05) is 0 Å². The summed E-state index contributed by atoms with van der Waals surface area (Å²) in [7, 11) is 0. The van der Waals surface area contributed by atoms with Crippen LogP contribution in [0, 0.1) is 6.92 Å². The number of urea groups is 1. The molecule has 0 radical (unpaired) electrons. The maximum atomic E-state index is 12.9. The van der Waals surface area contributed by atoms with Gasteiger partial charge in [-0.3, -0.25) is 14.5 Å². The number of imide groups is 1. The number of aryl methyl sites for hydroxylation is 1. The van der Waals surface area contributed by atoms with Crippen molar-refractivity contribution in [1.82, 2.24) is 10.2 Å². The summed E-state index contributed by atoms with van der Waals surface area (Å²) in [5.41, 5.74) is 0.633. The predicted molar refractivity (Wildman–Crippen MR) is 104 cm³/mol. The Hall–Kier alpha value is -2.57. The zero-order valence-corrected chi connectivity index (χ0v) is 16.2. The van der Waals surface area contributed by atoms with E-state index in [0.717, 1.165) is 10.5 Å². The molecular formula is C19H17Cl2N3O3. The molecule has 27 heavy (non-hydrogen) atoms. The van der Waals surface area contributed by atoms with Crippen LogP contribution in [0.2, 0.25) is 10.0 Å². The number of anilines is 1. The van der Waals surface area contributed by atoms with Crippen molar-refractivity contribution in [1.29, 1.82) is 0 Å². The lowest BCUT2D eigenvalue weighted by molar-refractivity contribution is -0.133. The van der Waals surface area contributed by atoms with E-state index in [1.807, 2.05) is 19.1 Å². The Bertz CT molecular complexity index is 948. The van der Waals surface area contributed by atoms with E-state index in [4.69, 9.17) is 23.2 Å². The summed E-state index contributed by atoms with van der Waals surface area (Å²) in [4.78, 5) is 38.5. The largest absolute Gasteiger partial charge is 0.325 e. The van der Waals surface area contributed by atoms with Crippen LogP contribution in [0.1, 0.15) is 18.1 Å². The lowest BCUT2D eigenvalue weighted by Gasteiger charge is -2.24. The van der Waals surface area contributed by atoms with Crippen molar-refractivity contribution in [2.24, 2.45) is 0 Å². The van der Waals surface area contributed by atoms with Gasteiger partial charge in [-0.25, -0.2) is 4.79 Å². The molecule has 1 aliphatic heterocycles. The highest BCUT2D eigenvalue weighted by Crippen LogP contribution is 2.32. The van der Waals surface area contributed by atoms with Gasteiger partial charge in [-0.05, 0) is 37.1 Å². The highest BCUT2D eigenvalue weighted by atomic mass is 35.5. The number of hydrogen-bond acceptors (Lipinski definition) is 3. The number of carbonyl (C=O) groups excluding carboxylic acids is 3. The van der Waals surface area contributed by atoms with Gasteiger partial charge in [-0.2, -0.15) is 0 Å². The minimum Gasteiger partial charge on any atom is -0.323 e. The summed E-state index contributed by atoms with van der Waals surface area (Å²) in [5, 5.41) is 5.73. The molecule has 1 atom stereocenters. The van der Waals surface area contributed by atoms with Crippen molar-refractivity contribution in [3.05, 3.63) is 63.6 Å². The van der Waals surface area contributed by atoms with Crippen molar-refractivity contribution in [2.75, 3.05) is 11.9 Å². The molecule has 1 aliphatic rings. The number of carbonyl (C=O) groups is 3. The van der Waals surface area contributed by atoms with Crippen LogP contribution in [0.25, 0.3) is 0 Å². The molecule has 1 heterocycles. The number of nitrogens with one attached hydrogen (secondary N) is 2. The van der Waals surface area contributed by atoms with E-state index in [9.17, 15) is 14.4 Å². The normalized spacial score (nSPS) is 19.2. The smallest absolute Gasteiger partial charge is 0.323 e. The standard InChI is InChI=1S/C19H17Cl2N3O3/c1-11-6-3-4-7-12(11)19(2)17(26)24(18(27)23-19)10-15(25)22-14-9-5-8-13(20)16(14)21/h3-9H,10H2,1-2H3,(H,22,25)(H,23,27). The zero-order chi connectivity index (χ0) is 19.8. The molecule has 0 saturated carbocycles. The Labute approximate surface area is 166 Å². The number of halogens is 2. The van der Waals surface area contributed by atoms with Gasteiger partial charge in [0.2, 0.25) is 5.91 Å². The monoisotopic (exact) mass is 405 g/mol. The molecule has 1 fully saturated rings. The quantitative estimate of drug-likeness (QED) is 0.760. The van der Waals surface area contributed by atoms with Crippen molar-refractivity contribution in [3.8, 4) is 0 Å². The van der Waals surface area contributed by atoms with Gasteiger partial charge < -0.3 is 10.6 Å². The number of hydrogen-bond donors (Lipinski definition) is 2. The van der Waals surface area contributed by atoms with Gasteiger partial charge in [-0.15, -0.1) is 0 Å². The second kappa shape index (κ2) is 7.21. The summed E-state index contributed by atoms with van der Waals surface area (Å²) >= 11 is 12.0.